The van der Waals surface area contributed by atoms with E-state index in [1.165, 1.54) is 13.1 Å². The SMILES string of the molecule is CNc1cc(NCc2c(C)noc2C)nc(C(F)(F)F)n1. The molecule has 0 aromatic carbocycles. The smallest absolute Gasteiger partial charge is 0.373 e. The summed E-state index contributed by atoms with van der Waals surface area (Å²) in [7, 11) is 1.49. The molecule has 9 heteroatoms. The van der Waals surface area contributed by atoms with Crippen LogP contribution >= 0.6 is 0 Å². The lowest BCUT2D eigenvalue weighted by Crippen LogP contribution is -2.14. The molecule has 21 heavy (non-hydrogen) atoms. The summed E-state index contributed by atoms with van der Waals surface area (Å²) in [5, 5.41) is 9.18. The van der Waals surface area contributed by atoms with Crippen molar-refractivity contribution >= 4 is 11.6 Å². The molecule has 2 rings (SSSR count). The van der Waals surface area contributed by atoms with E-state index in [1.807, 2.05) is 0 Å². The Kier molecular flexibility index (Phi) is 4.01. The van der Waals surface area contributed by atoms with Crippen LogP contribution in [0.15, 0.2) is 10.6 Å². The van der Waals surface area contributed by atoms with Crippen molar-refractivity contribution in [1.82, 2.24) is 15.1 Å². The lowest BCUT2D eigenvalue weighted by atomic mass is 10.2. The Labute approximate surface area is 118 Å². The topological polar surface area (TPSA) is 75.9 Å². The van der Waals surface area contributed by atoms with Crippen LogP contribution in [0.4, 0.5) is 24.8 Å². The summed E-state index contributed by atoms with van der Waals surface area (Å²) in [6, 6.07) is 1.40. The summed E-state index contributed by atoms with van der Waals surface area (Å²) in [6.07, 6.45) is -4.60. The Morgan fingerprint density at radius 2 is 1.86 bits per heavy atom. The van der Waals surface area contributed by atoms with Gasteiger partial charge in [0.1, 0.15) is 17.4 Å². The molecule has 0 bridgehead atoms. The number of hydrogen-bond donors (Lipinski definition) is 2. The van der Waals surface area contributed by atoms with E-state index in [-0.39, 0.29) is 18.2 Å². The van der Waals surface area contributed by atoms with Crippen LogP contribution in [0.2, 0.25) is 0 Å². The van der Waals surface area contributed by atoms with Gasteiger partial charge in [-0.1, -0.05) is 5.16 Å². The number of alkyl halides is 3. The highest BCUT2D eigenvalue weighted by atomic mass is 19.4. The van der Waals surface area contributed by atoms with Gasteiger partial charge in [0.25, 0.3) is 0 Å². The van der Waals surface area contributed by atoms with Gasteiger partial charge in [-0.3, -0.25) is 0 Å². The summed E-state index contributed by atoms with van der Waals surface area (Å²) in [4.78, 5) is 6.86. The van der Waals surface area contributed by atoms with Gasteiger partial charge >= 0.3 is 6.18 Å². The van der Waals surface area contributed by atoms with Crippen molar-refractivity contribution in [1.29, 1.82) is 0 Å². The second-order valence-electron chi connectivity index (χ2n) is 4.37. The van der Waals surface area contributed by atoms with E-state index in [0.717, 1.165) is 5.56 Å². The van der Waals surface area contributed by atoms with Gasteiger partial charge in [0.05, 0.1) is 5.69 Å². The third kappa shape index (κ3) is 3.41. The standard InChI is InChI=1S/C12H14F3N5O/c1-6-8(7(2)21-20-6)5-17-10-4-9(16-3)18-11(19-10)12(13,14)15/h4H,5H2,1-3H3,(H2,16,17,18,19). The van der Waals surface area contributed by atoms with E-state index in [1.54, 1.807) is 13.8 Å². The number of aromatic nitrogens is 3. The van der Waals surface area contributed by atoms with Crippen molar-refractivity contribution in [3.63, 3.8) is 0 Å². The van der Waals surface area contributed by atoms with Crippen LogP contribution in [0.25, 0.3) is 0 Å². The van der Waals surface area contributed by atoms with Crippen LogP contribution in [0.3, 0.4) is 0 Å². The molecule has 0 saturated carbocycles. The van der Waals surface area contributed by atoms with Crippen molar-refractivity contribution in [3.05, 3.63) is 28.9 Å². The fourth-order valence-corrected chi connectivity index (χ4v) is 1.73. The molecular formula is C12H14F3N5O. The second-order valence-corrected chi connectivity index (χ2v) is 4.37. The zero-order valence-corrected chi connectivity index (χ0v) is 11.7. The van der Waals surface area contributed by atoms with Crippen molar-refractivity contribution in [2.45, 2.75) is 26.6 Å². The minimum absolute atomic E-state index is 0.0710. The minimum Gasteiger partial charge on any atom is -0.373 e. The van der Waals surface area contributed by atoms with Crippen LogP contribution in [0.1, 0.15) is 22.8 Å². The number of rotatable bonds is 4. The third-order valence-corrected chi connectivity index (χ3v) is 2.86. The molecule has 0 atom stereocenters. The van der Waals surface area contributed by atoms with Gasteiger partial charge in [0.15, 0.2) is 0 Å². The summed E-state index contributed by atoms with van der Waals surface area (Å²) in [5.74, 6) is -0.435. The molecule has 2 N–H and O–H groups in total. The summed E-state index contributed by atoms with van der Waals surface area (Å²) in [6.45, 7) is 3.75. The molecule has 0 aliphatic heterocycles. The first-order chi connectivity index (χ1) is 9.81. The van der Waals surface area contributed by atoms with Gasteiger partial charge in [-0.25, -0.2) is 9.97 Å². The molecule has 0 spiro atoms. The van der Waals surface area contributed by atoms with E-state index in [4.69, 9.17) is 4.52 Å². The summed E-state index contributed by atoms with van der Waals surface area (Å²) in [5.41, 5.74) is 1.46. The van der Waals surface area contributed by atoms with Gasteiger partial charge in [-0.15, -0.1) is 0 Å². The van der Waals surface area contributed by atoms with E-state index in [2.05, 4.69) is 25.8 Å². The monoisotopic (exact) mass is 301 g/mol. The Bertz CT molecular complexity index is 619. The first-order valence-corrected chi connectivity index (χ1v) is 6.11. The quantitative estimate of drug-likeness (QED) is 0.904. The van der Waals surface area contributed by atoms with E-state index in [0.29, 0.717) is 11.5 Å². The van der Waals surface area contributed by atoms with Crippen LogP contribution in [0, 0.1) is 13.8 Å². The third-order valence-electron chi connectivity index (χ3n) is 2.86. The maximum Gasteiger partial charge on any atom is 0.451 e. The normalized spacial score (nSPS) is 11.5. The van der Waals surface area contributed by atoms with Crippen molar-refractivity contribution in [2.75, 3.05) is 17.7 Å². The molecule has 2 aromatic heterocycles. The molecule has 0 aliphatic carbocycles. The Morgan fingerprint density at radius 3 is 2.38 bits per heavy atom. The molecule has 0 unspecified atom stereocenters. The van der Waals surface area contributed by atoms with E-state index in [9.17, 15) is 13.2 Å². The molecule has 0 fully saturated rings. The van der Waals surface area contributed by atoms with Crippen LogP contribution in [-0.4, -0.2) is 22.2 Å². The average molecular weight is 301 g/mol. The molecule has 114 valence electrons. The molecular weight excluding hydrogens is 287 g/mol. The average Bonchev–Trinajstić information content (AvgIpc) is 2.74. The summed E-state index contributed by atoms with van der Waals surface area (Å²) >= 11 is 0. The number of halogens is 3. The number of aryl methyl sites for hydroxylation is 2. The fraction of sp³-hybridized carbons (Fsp3) is 0.417. The van der Waals surface area contributed by atoms with Gasteiger partial charge in [-0.05, 0) is 13.8 Å². The van der Waals surface area contributed by atoms with Crippen LogP contribution < -0.4 is 10.6 Å². The molecule has 6 nitrogen and oxygen atoms in total. The van der Waals surface area contributed by atoms with Gasteiger partial charge in [-0.2, -0.15) is 13.2 Å². The highest BCUT2D eigenvalue weighted by molar-refractivity contribution is 5.48. The van der Waals surface area contributed by atoms with E-state index >= 15 is 0 Å². The molecule has 0 saturated heterocycles. The zero-order chi connectivity index (χ0) is 15.6. The predicted molar refractivity (Wildman–Crippen MR) is 69.9 cm³/mol. The molecule has 0 radical (unpaired) electrons. The molecule has 0 amide bonds. The first kappa shape index (κ1) is 15.1. The van der Waals surface area contributed by atoms with Crippen molar-refractivity contribution < 1.29 is 17.7 Å². The van der Waals surface area contributed by atoms with Crippen molar-refractivity contribution in [2.24, 2.45) is 0 Å². The highest BCUT2D eigenvalue weighted by Crippen LogP contribution is 2.28. The highest BCUT2D eigenvalue weighted by Gasteiger charge is 2.35. The molecule has 2 heterocycles. The van der Waals surface area contributed by atoms with Crippen LogP contribution in [-0.2, 0) is 12.7 Å². The summed E-state index contributed by atoms with van der Waals surface area (Å²) < 4.78 is 43.2. The Balaban J connectivity index is 2.24. The lowest BCUT2D eigenvalue weighted by Gasteiger charge is -2.11. The van der Waals surface area contributed by atoms with Crippen molar-refractivity contribution in [3.8, 4) is 0 Å². The fourth-order valence-electron chi connectivity index (χ4n) is 1.73. The van der Waals surface area contributed by atoms with Gasteiger partial charge < -0.3 is 15.2 Å². The van der Waals surface area contributed by atoms with Crippen LogP contribution in [0.5, 0.6) is 0 Å². The number of nitrogens with zero attached hydrogens (tertiary/aromatic N) is 3. The Morgan fingerprint density at radius 1 is 1.19 bits per heavy atom. The maximum atomic E-state index is 12.7. The maximum absolute atomic E-state index is 12.7. The lowest BCUT2D eigenvalue weighted by molar-refractivity contribution is -0.144. The zero-order valence-electron chi connectivity index (χ0n) is 11.7. The second kappa shape index (κ2) is 5.58. The van der Waals surface area contributed by atoms with E-state index < -0.39 is 12.0 Å². The first-order valence-electron chi connectivity index (χ1n) is 6.11. The number of anilines is 2. The number of nitrogens with one attached hydrogen (secondary N) is 2. The number of hydrogen-bond acceptors (Lipinski definition) is 6. The van der Waals surface area contributed by atoms with Gasteiger partial charge in [0.2, 0.25) is 5.82 Å². The Hall–Kier alpha value is -2.32. The largest absolute Gasteiger partial charge is 0.451 e. The van der Waals surface area contributed by atoms with Gasteiger partial charge in [0, 0.05) is 25.2 Å². The predicted octanol–water partition coefficient (Wildman–Crippen LogP) is 2.75. The molecule has 2 aromatic rings. The minimum atomic E-state index is -4.60. The molecule has 0 aliphatic rings.